The van der Waals surface area contributed by atoms with E-state index in [-0.39, 0.29) is 28.4 Å². The van der Waals surface area contributed by atoms with Crippen LogP contribution in [-0.2, 0) is 0 Å². The van der Waals surface area contributed by atoms with Gasteiger partial charge in [-0.1, -0.05) is 6.07 Å². The summed E-state index contributed by atoms with van der Waals surface area (Å²) in [6.07, 6.45) is 0. The van der Waals surface area contributed by atoms with Gasteiger partial charge in [-0.25, -0.2) is 0 Å². The molecule has 9 heteroatoms. The van der Waals surface area contributed by atoms with Gasteiger partial charge in [0.2, 0.25) is 0 Å². The van der Waals surface area contributed by atoms with Crippen LogP contribution in [0.1, 0.15) is 10.4 Å². The number of halogens is 2. The van der Waals surface area contributed by atoms with Gasteiger partial charge in [-0.15, -0.1) is 0 Å². The highest BCUT2D eigenvalue weighted by atomic mass is 19.3. The Morgan fingerprint density at radius 1 is 1.21 bits per heavy atom. The van der Waals surface area contributed by atoms with Crippen molar-refractivity contribution in [1.29, 1.82) is 0 Å². The van der Waals surface area contributed by atoms with E-state index in [4.69, 9.17) is 4.74 Å². The van der Waals surface area contributed by atoms with Crippen molar-refractivity contribution < 1.29 is 28.0 Å². The molecule has 0 radical (unpaired) electrons. The fourth-order valence-electron chi connectivity index (χ4n) is 1.90. The summed E-state index contributed by atoms with van der Waals surface area (Å²) in [6.45, 7) is -3.02. The molecule has 2 rings (SSSR count). The van der Waals surface area contributed by atoms with E-state index < -0.39 is 17.4 Å². The number of nitro groups is 1. The Morgan fingerprint density at radius 2 is 1.96 bits per heavy atom. The molecule has 2 aromatic rings. The number of hydrogen-bond donors (Lipinski definition) is 1. The van der Waals surface area contributed by atoms with Crippen LogP contribution in [0.5, 0.6) is 11.5 Å². The summed E-state index contributed by atoms with van der Waals surface area (Å²) in [7, 11) is 1.25. The van der Waals surface area contributed by atoms with E-state index in [1.807, 2.05) is 0 Å². The number of carbonyl (C=O) groups is 1. The van der Waals surface area contributed by atoms with E-state index in [0.29, 0.717) is 0 Å². The number of carbonyl (C=O) groups excluding carboxylic acids is 1. The van der Waals surface area contributed by atoms with Crippen molar-refractivity contribution in [2.75, 3.05) is 12.4 Å². The Bertz CT molecular complexity index is 767. The molecule has 0 saturated carbocycles. The van der Waals surface area contributed by atoms with E-state index in [1.165, 1.54) is 49.6 Å². The van der Waals surface area contributed by atoms with Crippen LogP contribution in [0, 0.1) is 10.1 Å². The number of nitrogens with zero attached hydrogens (tertiary/aromatic N) is 1. The molecule has 0 unspecified atom stereocenters. The number of hydrogen-bond acceptors (Lipinski definition) is 5. The van der Waals surface area contributed by atoms with Gasteiger partial charge in [0, 0.05) is 23.4 Å². The quantitative estimate of drug-likeness (QED) is 0.643. The third-order valence-electron chi connectivity index (χ3n) is 2.96. The number of nitrogens with one attached hydrogen (secondary N) is 1. The van der Waals surface area contributed by atoms with Crippen LogP contribution in [-0.4, -0.2) is 24.6 Å². The summed E-state index contributed by atoms with van der Waals surface area (Å²) in [4.78, 5) is 22.3. The predicted molar refractivity (Wildman–Crippen MR) is 80.7 cm³/mol. The number of anilines is 1. The van der Waals surface area contributed by atoms with Crippen LogP contribution in [0.4, 0.5) is 20.2 Å². The second-order valence-electron chi connectivity index (χ2n) is 4.51. The minimum absolute atomic E-state index is 0.0398. The lowest BCUT2D eigenvalue weighted by Gasteiger charge is -2.11. The fraction of sp³-hybridized carbons (Fsp3) is 0.133. The number of methoxy groups -OCH3 is 1. The highest BCUT2D eigenvalue weighted by molar-refractivity contribution is 6.04. The summed E-state index contributed by atoms with van der Waals surface area (Å²) in [5.74, 6) is -0.834. The van der Waals surface area contributed by atoms with Crippen LogP contribution >= 0.6 is 0 Å². The number of amides is 1. The van der Waals surface area contributed by atoms with E-state index in [2.05, 4.69) is 10.1 Å². The molecule has 0 bridgehead atoms. The largest absolute Gasteiger partial charge is 0.493 e. The van der Waals surface area contributed by atoms with Crippen LogP contribution < -0.4 is 14.8 Å². The molecule has 1 amide bonds. The van der Waals surface area contributed by atoms with E-state index >= 15 is 0 Å². The first-order valence-electron chi connectivity index (χ1n) is 6.59. The van der Waals surface area contributed by atoms with Gasteiger partial charge in [-0.05, 0) is 24.3 Å². The highest BCUT2D eigenvalue weighted by Gasteiger charge is 2.15. The molecule has 0 aliphatic heterocycles. The van der Waals surface area contributed by atoms with Gasteiger partial charge in [0.05, 0.1) is 12.0 Å². The molecule has 0 spiro atoms. The zero-order valence-electron chi connectivity index (χ0n) is 12.4. The SMILES string of the molecule is COc1cc(C(=O)Nc2cccc([N+](=O)[O-])c2)ccc1OC(F)F. The maximum absolute atomic E-state index is 12.3. The average Bonchev–Trinajstić information content (AvgIpc) is 2.54. The summed E-state index contributed by atoms with van der Waals surface area (Å²) < 4.78 is 33.7. The van der Waals surface area contributed by atoms with Gasteiger partial charge in [-0.2, -0.15) is 8.78 Å². The zero-order chi connectivity index (χ0) is 17.7. The van der Waals surface area contributed by atoms with Crippen LogP contribution in [0.25, 0.3) is 0 Å². The van der Waals surface area contributed by atoms with Gasteiger partial charge < -0.3 is 14.8 Å². The maximum Gasteiger partial charge on any atom is 0.387 e. The zero-order valence-corrected chi connectivity index (χ0v) is 12.4. The molecule has 0 fully saturated rings. The first-order valence-corrected chi connectivity index (χ1v) is 6.59. The number of benzene rings is 2. The van der Waals surface area contributed by atoms with Crippen molar-refractivity contribution >= 4 is 17.3 Å². The molecule has 24 heavy (non-hydrogen) atoms. The minimum Gasteiger partial charge on any atom is -0.493 e. The molecule has 0 heterocycles. The third-order valence-corrected chi connectivity index (χ3v) is 2.96. The Morgan fingerprint density at radius 3 is 2.58 bits per heavy atom. The van der Waals surface area contributed by atoms with Crippen LogP contribution in [0.3, 0.4) is 0 Å². The molecule has 0 saturated heterocycles. The maximum atomic E-state index is 12.3. The Labute approximate surface area is 135 Å². The number of nitro benzene ring substituents is 1. The van der Waals surface area contributed by atoms with Gasteiger partial charge in [0.15, 0.2) is 11.5 Å². The van der Waals surface area contributed by atoms with Gasteiger partial charge in [-0.3, -0.25) is 14.9 Å². The molecule has 0 aromatic heterocycles. The summed E-state index contributed by atoms with van der Waals surface area (Å²) in [5.41, 5.74) is 0.159. The summed E-state index contributed by atoms with van der Waals surface area (Å²) in [5, 5.41) is 13.2. The molecule has 7 nitrogen and oxygen atoms in total. The highest BCUT2D eigenvalue weighted by Crippen LogP contribution is 2.29. The Kier molecular flexibility index (Phi) is 5.25. The molecule has 0 atom stereocenters. The lowest BCUT2D eigenvalue weighted by atomic mass is 10.1. The van der Waals surface area contributed by atoms with E-state index in [9.17, 15) is 23.7 Å². The van der Waals surface area contributed by atoms with Gasteiger partial charge >= 0.3 is 6.61 Å². The molecular weight excluding hydrogens is 326 g/mol. The van der Waals surface area contributed by atoms with Crippen molar-refractivity contribution in [3.05, 3.63) is 58.1 Å². The van der Waals surface area contributed by atoms with Crippen molar-refractivity contribution in [2.45, 2.75) is 6.61 Å². The van der Waals surface area contributed by atoms with Gasteiger partial charge in [0.1, 0.15) is 0 Å². The minimum atomic E-state index is -3.02. The van der Waals surface area contributed by atoms with Crippen molar-refractivity contribution in [1.82, 2.24) is 0 Å². The van der Waals surface area contributed by atoms with E-state index in [1.54, 1.807) is 0 Å². The lowest BCUT2D eigenvalue weighted by molar-refractivity contribution is -0.384. The van der Waals surface area contributed by atoms with Crippen molar-refractivity contribution in [2.24, 2.45) is 0 Å². The normalized spacial score (nSPS) is 10.3. The number of rotatable bonds is 6. The first kappa shape index (κ1) is 17.1. The monoisotopic (exact) mass is 338 g/mol. The fourth-order valence-corrected chi connectivity index (χ4v) is 1.90. The number of ether oxygens (including phenoxy) is 2. The summed E-state index contributed by atoms with van der Waals surface area (Å²) in [6, 6.07) is 9.06. The molecule has 0 aliphatic rings. The molecule has 1 N–H and O–H groups in total. The number of non-ortho nitro benzene ring substituents is 1. The molecule has 2 aromatic carbocycles. The summed E-state index contributed by atoms with van der Waals surface area (Å²) >= 11 is 0. The Balaban J connectivity index is 2.20. The third kappa shape index (κ3) is 4.15. The second-order valence-corrected chi connectivity index (χ2v) is 4.51. The van der Waals surface area contributed by atoms with Crippen molar-refractivity contribution in [3.8, 4) is 11.5 Å². The van der Waals surface area contributed by atoms with E-state index in [0.717, 1.165) is 0 Å². The molecule has 0 aliphatic carbocycles. The topological polar surface area (TPSA) is 90.7 Å². The standard InChI is InChI=1S/C15H12F2N2O5/c1-23-13-7-9(5-6-12(13)24-15(16)17)14(20)18-10-3-2-4-11(8-10)19(21)22/h2-8,15H,1H3,(H,18,20). The molecular formula is C15H12F2N2O5. The average molecular weight is 338 g/mol. The number of alkyl halides is 2. The predicted octanol–water partition coefficient (Wildman–Crippen LogP) is 3.46. The van der Waals surface area contributed by atoms with Crippen molar-refractivity contribution in [3.63, 3.8) is 0 Å². The molecule has 126 valence electrons. The van der Waals surface area contributed by atoms with Crippen LogP contribution in [0.15, 0.2) is 42.5 Å². The smallest absolute Gasteiger partial charge is 0.387 e. The first-order chi connectivity index (χ1) is 11.4. The second kappa shape index (κ2) is 7.36. The van der Waals surface area contributed by atoms with Crippen LogP contribution in [0.2, 0.25) is 0 Å². The van der Waals surface area contributed by atoms with Gasteiger partial charge in [0.25, 0.3) is 11.6 Å². The Hall–Kier alpha value is -3.23. The lowest BCUT2D eigenvalue weighted by Crippen LogP contribution is -2.12.